The van der Waals surface area contributed by atoms with E-state index in [0.29, 0.717) is 23.4 Å². The van der Waals surface area contributed by atoms with E-state index in [4.69, 9.17) is 4.74 Å². The van der Waals surface area contributed by atoms with Gasteiger partial charge >= 0.3 is 0 Å². The number of carbonyl (C=O) groups is 1. The largest absolute Gasteiger partial charge is 0.394 e. The standard InChI is InChI=1S/C16H23N7O5/c24-4-8-9(22-15(27)7-2-1-3-17-7)11(25)12(26)16(28-8)23-14-10-13(19-5-18-10)20-6-21-14/h5-9,11-12,16-17,24-26H,1-4H2,(H,22,27)(H2,18,19,20,21,23)/t7-,8+,9+,11-,12+,16+/m1/s1. The summed E-state index contributed by atoms with van der Waals surface area (Å²) in [5.41, 5.74) is 0.937. The molecular formula is C16H23N7O5. The van der Waals surface area contributed by atoms with E-state index in [-0.39, 0.29) is 11.9 Å². The monoisotopic (exact) mass is 393 g/mol. The Balaban J connectivity index is 1.48. The number of aliphatic hydroxyl groups is 3. The molecule has 0 unspecified atom stereocenters. The molecule has 0 saturated carbocycles. The molecule has 0 aliphatic carbocycles. The van der Waals surface area contributed by atoms with Crippen LogP contribution in [0, 0.1) is 0 Å². The van der Waals surface area contributed by atoms with Crippen molar-refractivity contribution in [3.8, 4) is 0 Å². The molecule has 2 aromatic heterocycles. The van der Waals surface area contributed by atoms with Gasteiger partial charge in [-0.25, -0.2) is 15.0 Å². The Bertz CT molecular complexity index is 825. The highest BCUT2D eigenvalue weighted by atomic mass is 16.5. The Hall–Kier alpha value is -2.38. The van der Waals surface area contributed by atoms with Gasteiger partial charge in [0, 0.05) is 0 Å². The van der Waals surface area contributed by atoms with Gasteiger partial charge in [-0.3, -0.25) is 4.79 Å². The van der Waals surface area contributed by atoms with Crippen LogP contribution in [-0.4, -0.2) is 90.9 Å². The number of rotatable bonds is 5. The first kappa shape index (κ1) is 19.0. The molecule has 2 aliphatic rings. The number of nitrogens with one attached hydrogen (secondary N) is 4. The van der Waals surface area contributed by atoms with E-state index in [9.17, 15) is 20.1 Å². The van der Waals surface area contributed by atoms with E-state index in [1.54, 1.807) is 0 Å². The maximum Gasteiger partial charge on any atom is 0.237 e. The number of anilines is 1. The highest BCUT2D eigenvalue weighted by molar-refractivity contribution is 5.83. The average Bonchev–Trinajstić information content (AvgIpc) is 3.39. The summed E-state index contributed by atoms with van der Waals surface area (Å²) in [6.07, 6.45) is -0.368. The predicted octanol–water partition coefficient (Wildman–Crippen LogP) is -2.56. The van der Waals surface area contributed by atoms with Crippen LogP contribution in [0.3, 0.4) is 0 Å². The van der Waals surface area contributed by atoms with Crippen molar-refractivity contribution >= 4 is 22.9 Å². The summed E-state index contributed by atoms with van der Waals surface area (Å²) in [4.78, 5) is 27.4. The van der Waals surface area contributed by atoms with Crippen molar-refractivity contribution in [2.24, 2.45) is 0 Å². The molecule has 6 atom stereocenters. The Morgan fingerprint density at radius 1 is 1.29 bits per heavy atom. The minimum absolute atomic E-state index is 0.294. The summed E-state index contributed by atoms with van der Waals surface area (Å²) in [5.74, 6) is 0.0326. The van der Waals surface area contributed by atoms with Crippen LogP contribution in [0.1, 0.15) is 12.8 Å². The van der Waals surface area contributed by atoms with E-state index in [1.165, 1.54) is 12.7 Å². The number of imidazole rings is 1. The van der Waals surface area contributed by atoms with Crippen LogP contribution in [0.25, 0.3) is 11.2 Å². The Morgan fingerprint density at radius 3 is 2.89 bits per heavy atom. The fourth-order valence-electron chi connectivity index (χ4n) is 3.60. The van der Waals surface area contributed by atoms with Crippen LogP contribution in [0.5, 0.6) is 0 Å². The van der Waals surface area contributed by atoms with Gasteiger partial charge in [0.25, 0.3) is 0 Å². The zero-order valence-corrected chi connectivity index (χ0v) is 14.9. The summed E-state index contributed by atoms with van der Waals surface area (Å²) in [6, 6.07) is -1.31. The first-order valence-electron chi connectivity index (χ1n) is 9.15. The summed E-state index contributed by atoms with van der Waals surface area (Å²) < 4.78 is 5.72. The fourth-order valence-corrected chi connectivity index (χ4v) is 3.60. The normalized spacial score (nSPS) is 33.1. The molecule has 2 aliphatic heterocycles. The SMILES string of the molecule is O=C(N[C@@H]1[C@@H](O)[C@H](O)[C@@H](Nc2ncnc3nc[nH]c23)O[C@H]1CO)[C@H]1CCCN1. The van der Waals surface area contributed by atoms with E-state index in [2.05, 4.69) is 35.9 Å². The van der Waals surface area contributed by atoms with Crippen molar-refractivity contribution in [1.29, 1.82) is 0 Å². The van der Waals surface area contributed by atoms with E-state index in [0.717, 1.165) is 13.0 Å². The van der Waals surface area contributed by atoms with Crippen molar-refractivity contribution < 1.29 is 24.9 Å². The highest BCUT2D eigenvalue weighted by Crippen LogP contribution is 2.24. The molecule has 12 heteroatoms. The lowest BCUT2D eigenvalue weighted by Gasteiger charge is -2.43. The second-order valence-corrected chi connectivity index (χ2v) is 6.91. The van der Waals surface area contributed by atoms with Gasteiger partial charge in [-0.2, -0.15) is 0 Å². The number of ether oxygens (including phenoxy) is 1. The third-order valence-corrected chi connectivity index (χ3v) is 5.12. The lowest BCUT2D eigenvalue weighted by molar-refractivity contribution is -0.185. The zero-order chi connectivity index (χ0) is 19.7. The van der Waals surface area contributed by atoms with Crippen molar-refractivity contribution in [3.05, 3.63) is 12.7 Å². The summed E-state index contributed by atoms with van der Waals surface area (Å²) >= 11 is 0. The summed E-state index contributed by atoms with van der Waals surface area (Å²) in [7, 11) is 0. The molecule has 7 N–H and O–H groups in total. The minimum atomic E-state index is -1.38. The molecule has 1 amide bonds. The fraction of sp³-hybridized carbons (Fsp3) is 0.625. The molecular weight excluding hydrogens is 370 g/mol. The number of aromatic amines is 1. The first-order valence-corrected chi connectivity index (χ1v) is 9.15. The van der Waals surface area contributed by atoms with Gasteiger partial charge < -0.3 is 41.0 Å². The first-order chi connectivity index (χ1) is 13.6. The number of aromatic nitrogens is 4. The van der Waals surface area contributed by atoms with Crippen LogP contribution >= 0.6 is 0 Å². The Kier molecular flexibility index (Phi) is 5.37. The van der Waals surface area contributed by atoms with Gasteiger partial charge in [0.15, 0.2) is 17.7 Å². The van der Waals surface area contributed by atoms with Crippen molar-refractivity contribution in [1.82, 2.24) is 30.6 Å². The molecule has 0 radical (unpaired) electrons. The van der Waals surface area contributed by atoms with Crippen LogP contribution in [0.4, 0.5) is 5.82 Å². The van der Waals surface area contributed by atoms with Crippen LogP contribution in [-0.2, 0) is 9.53 Å². The number of nitrogens with zero attached hydrogens (tertiary/aromatic N) is 3. The van der Waals surface area contributed by atoms with Crippen molar-refractivity contribution in [3.63, 3.8) is 0 Å². The second-order valence-electron chi connectivity index (χ2n) is 6.91. The minimum Gasteiger partial charge on any atom is -0.394 e. The zero-order valence-electron chi connectivity index (χ0n) is 14.9. The third-order valence-electron chi connectivity index (χ3n) is 5.12. The molecule has 2 saturated heterocycles. The molecule has 2 fully saturated rings. The number of fused-ring (bicyclic) bond motifs is 1. The van der Waals surface area contributed by atoms with Gasteiger partial charge in [-0.05, 0) is 19.4 Å². The van der Waals surface area contributed by atoms with Gasteiger partial charge in [0.2, 0.25) is 5.91 Å². The number of hydrogen-bond acceptors (Lipinski definition) is 10. The molecule has 4 rings (SSSR count). The molecule has 152 valence electrons. The average molecular weight is 393 g/mol. The van der Waals surface area contributed by atoms with Gasteiger partial charge in [0.1, 0.15) is 30.2 Å². The quantitative estimate of drug-likeness (QED) is 0.286. The molecule has 2 aromatic rings. The number of aliphatic hydroxyl groups excluding tert-OH is 3. The smallest absolute Gasteiger partial charge is 0.237 e. The lowest BCUT2D eigenvalue weighted by Crippen LogP contribution is -2.66. The van der Waals surface area contributed by atoms with Crippen LogP contribution in [0.15, 0.2) is 12.7 Å². The lowest BCUT2D eigenvalue weighted by atomic mass is 9.95. The molecule has 4 heterocycles. The molecule has 0 bridgehead atoms. The molecule has 0 spiro atoms. The van der Waals surface area contributed by atoms with Crippen LogP contribution < -0.4 is 16.0 Å². The Morgan fingerprint density at radius 2 is 2.14 bits per heavy atom. The number of carbonyl (C=O) groups excluding carboxylic acids is 1. The van der Waals surface area contributed by atoms with Gasteiger partial charge in [-0.15, -0.1) is 0 Å². The second kappa shape index (κ2) is 7.93. The molecule has 0 aromatic carbocycles. The van der Waals surface area contributed by atoms with E-state index >= 15 is 0 Å². The Labute approximate surface area is 159 Å². The molecule has 28 heavy (non-hydrogen) atoms. The van der Waals surface area contributed by atoms with Crippen LogP contribution in [0.2, 0.25) is 0 Å². The van der Waals surface area contributed by atoms with E-state index < -0.39 is 37.2 Å². The maximum absolute atomic E-state index is 12.4. The highest BCUT2D eigenvalue weighted by Gasteiger charge is 2.45. The van der Waals surface area contributed by atoms with Gasteiger partial charge in [0.05, 0.1) is 25.0 Å². The topological polar surface area (TPSA) is 178 Å². The predicted molar refractivity (Wildman–Crippen MR) is 96.0 cm³/mol. The van der Waals surface area contributed by atoms with Crippen molar-refractivity contribution in [2.45, 2.75) is 49.5 Å². The number of H-pyrrole nitrogens is 1. The maximum atomic E-state index is 12.4. The third kappa shape index (κ3) is 3.52. The van der Waals surface area contributed by atoms with Gasteiger partial charge in [-0.1, -0.05) is 0 Å². The summed E-state index contributed by atoms with van der Waals surface area (Å²) in [5, 5.41) is 39.5. The molecule has 12 nitrogen and oxygen atoms in total. The number of hydrogen-bond donors (Lipinski definition) is 7. The number of amides is 1. The van der Waals surface area contributed by atoms with E-state index in [1.807, 2.05) is 0 Å². The van der Waals surface area contributed by atoms with Crippen molar-refractivity contribution in [2.75, 3.05) is 18.5 Å². The summed E-state index contributed by atoms with van der Waals surface area (Å²) in [6.45, 7) is 0.301.